The fourth-order valence-electron chi connectivity index (χ4n) is 3.39. The topological polar surface area (TPSA) is 120 Å². The van der Waals surface area contributed by atoms with Gasteiger partial charge in [-0.25, -0.2) is 8.42 Å². The summed E-state index contributed by atoms with van der Waals surface area (Å²) in [5.74, 6) is -0.923. The molecule has 0 spiro atoms. The van der Waals surface area contributed by atoms with Crippen LogP contribution in [0.2, 0.25) is 0 Å². The molecule has 1 amide bonds. The molecule has 1 heterocycles. The SMILES string of the molecule is CCOC(=O)Cc1ccc(NC(=O)[C@H](COC2CCCCO2)NS(=O)(=O)c2ccc(Br)cc2)cc1. The predicted octanol–water partition coefficient (Wildman–Crippen LogP) is 3.38. The van der Waals surface area contributed by atoms with E-state index in [1.807, 2.05) is 0 Å². The lowest BCUT2D eigenvalue weighted by atomic mass is 10.1. The number of hydrogen-bond donors (Lipinski definition) is 2. The van der Waals surface area contributed by atoms with Crippen LogP contribution < -0.4 is 10.0 Å². The minimum absolute atomic E-state index is 0.0238. The van der Waals surface area contributed by atoms with Gasteiger partial charge in [0.05, 0.1) is 24.5 Å². The summed E-state index contributed by atoms with van der Waals surface area (Å²) in [6.07, 6.45) is 2.18. The lowest BCUT2D eigenvalue weighted by molar-refractivity contribution is -0.166. The van der Waals surface area contributed by atoms with Crippen molar-refractivity contribution in [3.05, 3.63) is 58.6 Å². The summed E-state index contributed by atoms with van der Waals surface area (Å²) in [6, 6.07) is 11.6. The molecule has 0 aromatic heterocycles. The van der Waals surface area contributed by atoms with Gasteiger partial charge in [-0.1, -0.05) is 28.1 Å². The predicted molar refractivity (Wildman–Crippen MR) is 133 cm³/mol. The van der Waals surface area contributed by atoms with Gasteiger partial charge in [0.25, 0.3) is 0 Å². The quantitative estimate of drug-likeness (QED) is 0.398. The van der Waals surface area contributed by atoms with Crippen LogP contribution in [-0.4, -0.2) is 52.4 Å². The van der Waals surface area contributed by atoms with E-state index in [1.165, 1.54) is 12.1 Å². The van der Waals surface area contributed by atoms with E-state index in [-0.39, 0.29) is 23.9 Å². The first-order chi connectivity index (χ1) is 16.8. The van der Waals surface area contributed by atoms with Crippen molar-refractivity contribution in [2.45, 2.75) is 49.8 Å². The van der Waals surface area contributed by atoms with Gasteiger partial charge in [0, 0.05) is 16.8 Å². The van der Waals surface area contributed by atoms with Gasteiger partial charge < -0.3 is 19.5 Å². The summed E-state index contributed by atoms with van der Waals surface area (Å²) in [6.45, 7) is 2.40. The highest BCUT2D eigenvalue weighted by Crippen LogP contribution is 2.18. The van der Waals surface area contributed by atoms with Crippen molar-refractivity contribution in [2.24, 2.45) is 0 Å². The Morgan fingerprint density at radius 3 is 2.46 bits per heavy atom. The Morgan fingerprint density at radius 1 is 1.11 bits per heavy atom. The van der Waals surface area contributed by atoms with E-state index in [9.17, 15) is 18.0 Å². The molecule has 2 aromatic carbocycles. The molecule has 1 fully saturated rings. The second kappa shape index (κ2) is 13.1. The number of carbonyl (C=O) groups is 2. The van der Waals surface area contributed by atoms with Crippen LogP contribution in [0.5, 0.6) is 0 Å². The van der Waals surface area contributed by atoms with Crippen LogP contribution in [-0.2, 0) is 40.2 Å². The van der Waals surface area contributed by atoms with Crippen molar-refractivity contribution in [3.63, 3.8) is 0 Å². The standard InChI is InChI=1S/C24H29BrN2O7S/c1-2-32-22(28)15-17-6-10-19(11-7-17)26-24(29)21(16-34-23-5-3-4-14-33-23)27-35(30,31)20-12-8-18(25)9-13-20/h6-13,21,23,27H,2-5,14-16H2,1H3,(H,26,29)/t21-,23?/m0/s1. The van der Waals surface area contributed by atoms with Crippen LogP contribution in [0.4, 0.5) is 5.69 Å². The number of hydrogen-bond acceptors (Lipinski definition) is 7. The van der Waals surface area contributed by atoms with Crippen molar-refractivity contribution >= 4 is 43.5 Å². The Bertz CT molecular complexity index is 1090. The third kappa shape index (κ3) is 8.69. The maximum Gasteiger partial charge on any atom is 0.310 e. The van der Waals surface area contributed by atoms with E-state index < -0.39 is 28.3 Å². The zero-order valence-corrected chi connectivity index (χ0v) is 21.8. The Labute approximate surface area is 213 Å². The van der Waals surface area contributed by atoms with Gasteiger partial charge >= 0.3 is 5.97 Å². The molecule has 2 N–H and O–H groups in total. The minimum atomic E-state index is -4.00. The van der Waals surface area contributed by atoms with Crippen LogP contribution >= 0.6 is 15.9 Å². The Morgan fingerprint density at radius 2 is 1.83 bits per heavy atom. The smallest absolute Gasteiger partial charge is 0.310 e. The van der Waals surface area contributed by atoms with E-state index in [0.717, 1.165) is 22.9 Å². The zero-order valence-electron chi connectivity index (χ0n) is 19.4. The van der Waals surface area contributed by atoms with Gasteiger partial charge in [-0.3, -0.25) is 9.59 Å². The Kier molecular flexibility index (Phi) is 10.2. The van der Waals surface area contributed by atoms with E-state index in [1.54, 1.807) is 43.3 Å². The van der Waals surface area contributed by atoms with Gasteiger partial charge in [-0.05, 0) is 68.1 Å². The molecular weight excluding hydrogens is 540 g/mol. The van der Waals surface area contributed by atoms with Gasteiger partial charge in [0.15, 0.2) is 6.29 Å². The Balaban J connectivity index is 1.70. The zero-order chi connectivity index (χ0) is 25.3. The minimum Gasteiger partial charge on any atom is -0.466 e. The van der Waals surface area contributed by atoms with E-state index in [4.69, 9.17) is 14.2 Å². The summed E-state index contributed by atoms with van der Waals surface area (Å²) in [4.78, 5) is 24.7. The number of anilines is 1. The molecular formula is C24H29BrN2O7S. The molecule has 0 aliphatic carbocycles. The molecule has 0 saturated carbocycles. The van der Waals surface area contributed by atoms with Crippen molar-refractivity contribution in [1.29, 1.82) is 0 Å². The highest BCUT2D eigenvalue weighted by molar-refractivity contribution is 9.10. The van der Waals surface area contributed by atoms with Crippen molar-refractivity contribution in [1.82, 2.24) is 4.72 Å². The first-order valence-electron chi connectivity index (χ1n) is 11.3. The molecule has 9 nitrogen and oxygen atoms in total. The van der Waals surface area contributed by atoms with Gasteiger partial charge in [-0.2, -0.15) is 4.72 Å². The number of nitrogens with one attached hydrogen (secondary N) is 2. The summed E-state index contributed by atoms with van der Waals surface area (Å²) in [7, 11) is -4.00. The molecule has 11 heteroatoms. The molecule has 2 atom stereocenters. The number of rotatable bonds is 11. The van der Waals surface area contributed by atoms with E-state index >= 15 is 0 Å². The molecule has 0 radical (unpaired) electrons. The lowest BCUT2D eigenvalue weighted by Gasteiger charge is -2.25. The van der Waals surface area contributed by atoms with Crippen LogP contribution in [0.1, 0.15) is 31.7 Å². The highest BCUT2D eigenvalue weighted by Gasteiger charge is 2.28. The summed E-state index contributed by atoms with van der Waals surface area (Å²) >= 11 is 3.28. The maximum absolute atomic E-state index is 13.1. The second-order valence-corrected chi connectivity index (χ2v) is 10.6. The molecule has 1 aliphatic heterocycles. The van der Waals surface area contributed by atoms with Gasteiger partial charge in [0.2, 0.25) is 15.9 Å². The van der Waals surface area contributed by atoms with Crippen LogP contribution in [0.15, 0.2) is 57.9 Å². The molecule has 2 aromatic rings. The summed E-state index contributed by atoms with van der Waals surface area (Å²) in [5.41, 5.74) is 1.18. The van der Waals surface area contributed by atoms with Crippen LogP contribution in [0, 0.1) is 0 Å². The largest absolute Gasteiger partial charge is 0.466 e. The van der Waals surface area contributed by atoms with Crippen molar-refractivity contribution in [3.8, 4) is 0 Å². The van der Waals surface area contributed by atoms with Gasteiger partial charge in [-0.15, -0.1) is 0 Å². The number of esters is 1. The molecule has 190 valence electrons. The van der Waals surface area contributed by atoms with Crippen LogP contribution in [0.25, 0.3) is 0 Å². The normalized spacial score (nSPS) is 16.9. The number of ether oxygens (including phenoxy) is 3. The van der Waals surface area contributed by atoms with Crippen molar-refractivity contribution in [2.75, 3.05) is 25.1 Å². The molecule has 1 unspecified atom stereocenters. The molecule has 0 bridgehead atoms. The first-order valence-corrected chi connectivity index (χ1v) is 13.6. The average Bonchev–Trinajstić information content (AvgIpc) is 2.84. The highest BCUT2D eigenvalue weighted by atomic mass is 79.9. The van der Waals surface area contributed by atoms with E-state index in [2.05, 4.69) is 26.0 Å². The third-order valence-electron chi connectivity index (χ3n) is 5.20. The third-order valence-corrected chi connectivity index (χ3v) is 7.22. The van der Waals surface area contributed by atoms with Crippen LogP contribution in [0.3, 0.4) is 0 Å². The monoisotopic (exact) mass is 568 g/mol. The molecule has 1 saturated heterocycles. The first kappa shape index (κ1) is 27.3. The number of amides is 1. The summed E-state index contributed by atoms with van der Waals surface area (Å²) < 4.78 is 45.2. The number of carbonyl (C=O) groups excluding carboxylic acids is 2. The number of benzene rings is 2. The molecule has 35 heavy (non-hydrogen) atoms. The fourth-order valence-corrected chi connectivity index (χ4v) is 4.84. The average molecular weight is 569 g/mol. The van der Waals surface area contributed by atoms with E-state index in [0.29, 0.717) is 25.3 Å². The van der Waals surface area contributed by atoms with Gasteiger partial charge in [0.1, 0.15) is 6.04 Å². The number of halogens is 1. The number of sulfonamides is 1. The molecule has 1 aliphatic rings. The molecule has 3 rings (SSSR count). The summed E-state index contributed by atoms with van der Waals surface area (Å²) in [5, 5.41) is 2.71. The maximum atomic E-state index is 13.1. The van der Waals surface area contributed by atoms with Crippen molar-refractivity contribution < 1.29 is 32.2 Å². The fraction of sp³-hybridized carbons (Fsp3) is 0.417. The lowest BCUT2D eigenvalue weighted by Crippen LogP contribution is -2.47. The Hall–Kier alpha value is -2.31. The second-order valence-electron chi connectivity index (χ2n) is 7.93.